The van der Waals surface area contributed by atoms with Gasteiger partial charge in [-0.1, -0.05) is 0 Å². The lowest BCUT2D eigenvalue weighted by atomic mass is 10.2. The van der Waals surface area contributed by atoms with Gasteiger partial charge in [-0.3, -0.25) is 0 Å². The Morgan fingerprint density at radius 3 is 2.04 bits per heavy atom. The zero-order valence-electron chi connectivity index (χ0n) is 14.6. The predicted molar refractivity (Wildman–Crippen MR) is 115 cm³/mol. The highest BCUT2D eigenvalue weighted by Gasteiger charge is 2.10. The number of nitrogen functional groups attached to an aromatic ring is 1. The van der Waals surface area contributed by atoms with Crippen molar-refractivity contribution in [3.8, 4) is 0 Å². The van der Waals surface area contributed by atoms with E-state index in [0.29, 0.717) is 29.5 Å². The van der Waals surface area contributed by atoms with Crippen molar-refractivity contribution in [1.29, 1.82) is 0 Å². The van der Waals surface area contributed by atoms with Gasteiger partial charge in [0.2, 0.25) is 0 Å². The minimum absolute atomic E-state index is 0.340. The van der Waals surface area contributed by atoms with E-state index in [1.54, 1.807) is 31.2 Å². The lowest BCUT2D eigenvalue weighted by Gasteiger charge is -2.13. The lowest BCUT2D eigenvalue weighted by molar-refractivity contribution is 0.0526. The Kier molecular flexibility index (Phi) is 6.07. The summed E-state index contributed by atoms with van der Waals surface area (Å²) in [7, 11) is 0. The summed E-state index contributed by atoms with van der Waals surface area (Å²) in [5, 5.41) is 6.32. The molecule has 0 aliphatic rings. The number of aromatic nitrogens is 2. The Morgan fingerprint density at radius 1 is 1.00 bits per heavy atom. The van der Waals surface area contributed by atoms with Gasteiger partial charge in [0, 0.05) is 14.9 Å². The van der Waals surface area contributed by atoms with E-state index in [2.05, 4.69) is 43.2 Å². The maximum atomic E-state index is 11.7. The van der Waals surface area contributed by atoms with Gasteiger partial charge in [0.1, 0.15) is 12.0 Å². The van der Waals surface area contributed by atoms with Crippen molar-refractivity contribution in [1.82, 2.24) is 9.97 Å². The maximum Gasteiger partial charge on any atom is 0.338 e. The minimum atomic E-state index is -0.352. The average molecular weight is 475 g/mol. The summed E-state index contributed by atoms with van der Waals surface area (Å²) in [5.41, 5.74) is 8.70. The van der Waals surface area contributed by atoms with Crippen molar-refractivity contribution in [3.63, 3.8) is 0 Å². The molecule has 0 radical (unpaired) electrons. The van der Waals surface area contributed by atoms with Crippen molar-refractivity contribution >= 4 is 57.3 Å². The Bertz CT molecular complexity index is 930. The van der Waals surface area contributed by atoms with Crippen molar-refractivity contribution < 1.29 is 9.53 Å². The number of rotatable bonds is 6. The monoisotopic (exact) mass is 475 g/mol. The van der Waals surface area contributed by atoms with Crippen LogP contribution >= 0.6 is 22.6 Å². The Hall–Kier alpha value is -2.88. The first kappa shape index (κ1) is 18.9. The third-order valence-electron chi connectivity index (χ3n) is 3.65. The number of nitrogens with one attached hydrogen (secondary N) is 2. The summed E-state index contributed by atoms with van der Waals surface area (Å²) in [5.74, 6) is 0.633. The number of nitrogens with zero attached hydrogens (tertiary/aromatic N) is 2. The number of esters is 1. The molecule has 0 atom stereocenters. The molecule has 0 bridgehead atoms. The fraction of sp³-hybridized carbons (Fsp3) is 0.105. The van der Waals surface area contributed by atoms with E-state index < -0.39 is 0 Å². The highest BCUT2D eigenvalue weighted by Crippen LogP contribution is 2.28. The number of carbonyl (C=O) groups is 1. The van der Waals surface area contributed by atoms with Gasteiger partial charge in [-0.2, -0.15) is 0 Å². The van der Waals surface area contributed by atoms with E-state index in [1.807, 2.05) is 24.3 Å². The van der Waals surface area contributed by atoms with Crippen molar-refractivity contribution in [3.05, 3.63) is 64.0 Å². The quantitative estimate of drug-likeness (QED) is 0.360. The molecule has 7 nitrogen and oxygen atoms in total. The number of benzene rings is 2. The molecular weight excluding hydrogens is 457 g/mol. The number of ether oxygens (including phenoxy) is 1. The zero-order valence-corrected chi connectivity index (χ0v) is 16.7. The number of hydrogen-bond donors (Lipinski definition) is 3. The normalized spacial score (nSPS) is 10.3. The summed E-state index contributed by atoms with van der Waals surface area (Å²) in [4.78, 5) is 20.1. The molecule has 0 saturated carbocycles. The zero-order chi connectivity index (χ0) is 19.2. The van der Waals surface area contributed by atoms with Crippen LogP contribution in [-0.2, 0) is 4.74 Å². The standard InChI is InChI=1S/C19H18IN5O2/c1-2-27-19(26)12-3-7-14(8-4-12)24-17-16(21)18(23-11-22-17)25-15-9-5-13(20)6-10-15/h3-11H,2,21H2,1H3,(H2,22,23,24,25). The molecule has 3 aromatic rings. The van der Waals surface area contributed by atoms with E-state index in [-0.39, 0.29) is 5.97 Å². The lowest BCUT2D eigenvalue weighted by Crippen LogP contribution is -2.06. The molecule has 4 N–H and O–H groups in total. The van der Waals surface area contributed by atoms with E-state index in [0.717, 1.165) is 14.9 Å². The van der Waals surface area contributed by atoms with Crippen LogP contribution in [0.25, 0.3) is 0 Å². The highest BCUT2D eigenvalue weighted by atomic mass is 127. The van der Waals surface area contributed by atoms with Crippen molar-refractivity contribution in [2.45, 2.75) is 6.92 Å². The molecule has 27 heavy (non-hydrogen) atoms. The Morgan fingerprint density at radius 2 is 1.52 bits per heavy atom. The van der Waals surface area contributed by atoms with Crippen LogP contribution in [0.15, 0.2) is 54.9 Å². The van der Waals surface area contributed by atoms with Crippen molar-refractivity contribution in [2.24, 2.45) is 0 Å². The van der Waals surface area contributed by atoms with Gasteiger partial charge >= 0.3 is 5.97 Å². The number of anilines is 5. The largest absolute Gasteiger partial charge is 0.462 e. The first-order valence-electron chi connectivity index (χ1n) is 8.24. The molecule has 0 unspecified atom stereocenters. The van der Waals surface area contributed by atoms with Crippen LogP contribution in [0.2, 0.25) is 0 Å². The average Bonchev–Trinajstić information content (AvgIpc) is 2.67. The molecule has 0 aliphatic heterocycles. The summed E-state index contributed by atoms with van der Waals surface area (Å²) in [6.07, 6.45) is 1.43. The maximum absolute atomic E-state index is 11.7. The third-order valence-corrected chi connectivity index (χ3v) is 4.37. The predicted octanol–water partition coefficient (Wildman–Crippen LogP) is 4.33. The van der Waals surface area contributed by atoms with Crippen LogP contribution in [0, 0.1) is 3.57 Å². The van der Waals surface area contributed by atoms with Gasteiger partial charge in [-0.25, -0.2) is 14.8 Å². The summed E-state index contributed by atoms with van der Waals surface area (Å²) >= 11 is 2.25. The van der Waals surface area contributed by atoms with Crippen molar-refractivity contribution in [2.75, 3.05) is 23.0 Å². The molecular formula is C19H18IN5O2. The molecule has 2 aromatic carbocycles. The molecule has 0 aliphatic carbocycles. The van der Waals surface area contributed by atoms with Gasteiger partial charge in [0.25, 0.3) is 0 Å². The molecule has 0 amide bonds. The molecule has 0 saturated heterocycles. The van der Waals surface area contributed by atoms with Crippen LogP contribution in [-0.4, -0.2) is 22.5 Å². The number of carbonyl (C=O) groups excluding carboxylic acids is 1. The summed E-state index contributed by atoms with van der Waals surface area (Å²) in [6.45, 7) is 2.11. The van der Waals surface area contributed by atoms with Crippen LogP contribution in [0.3, 0.4) is 0 Å². The van der Waals surface area contributed by atoms with Crippen LogP contribution < -0.4 is 16.4 Å². The number of hydrogen-bond acceptors (Lipinski definition) is 7. The molecule has 8 heteroatoms. The smallest absolute Gasteiger partial charge is 0.338 e. The number of nitrogens with two attached hydrogens (primary N) is 1. The highest BCUT2D eigenvalue weighted by molar-refractivity contribution is 14.1. The van der Waals surface area contributed by atoms with E-state index in [1.165, 1.54) is 6.33 Å². The molecule has 0 fully saturated rings. The molecule has 3 rings (SSSR count). The summed E-state index contributed by atoms with van der Waals surface area (Å²) in [6, 6.07) is 14.8. The van der Waals surface area contributed by atoms with Gasteiger partial charge in [-0.15, -0.1) is 0 Å². The van der Waals surface area contributed by atoms with Gasteiger partial charge in [0.05, 0.1) is 12.2 Å². The van der Waals surface area contributed by atoms with Crippen LogP contribution in [0.1, 0.15) is 17.3 Å². The second-order valence-electron chi connectivity index (χ2n) is 5.54. The fourth-order valence-corrected chi connectivity index (χ4v) is 2.67. The Labute approximate surface area is 170 Å². The SMILES string of the molecule is CCOC(=O)c1ccc(Nc2ncnc(Nc3ccc(I)cc3)c2N)cc1. The summed E-state index contributed by atoms with van der Waals surface area (Å²) < 4.78 is 6.12. The molecule has 1 heterocycles. The minimum Gasteiger partial charge on any atom is -0.462 e. The van der Waals surface area contributed by atoms with Gasteiger partial charge < -0.3 is 21.1 Å². The Balaban J connectivity index is 1.75. The molecule has 1 aromatic heterocycles. The van der Waals surface area contributed by atoms with Gasteiger partial charge in [-0.05, 0) is 78.0 Å². The third kappa shape index (κ3) is 4.85. The topological polar surface area (TPSA) is 102 Å². The fourth-order valence-electron chi connectivity index (χ4n) is 2.31. The van der Waals surface area contributed by atoms with E-state index in [4.69, 9.17) is 10.5 Å². The van der Waals surface area contributed by atoms with E-state index in [9.17, 15) is 4.79 Å². The van der Waals surface area contributed by atoms with E-state index >= 15 is 0 Å². The second kappa shape index (κ2) is 8.67. The van der Waals surface area contributed by atoms with Gasteiger partial charge in [0.15, 0.2) is 11.6 Å². The second-order valence-corrected chi connectivity index (χ2v) is 6.78. The first-order valence-corrected chi connectivity index (χ1v) is 9.32. The number of halogens is 1. The van der Waals surface area contributed by atoms with Crippen LogP contribution in [0.4, 0.5) is 28.7 Å². The first-order chi connectivity index (χ1) is 13.1. The molecule has 0 spiro atoms. The molecule has 138 valence electrons. The van der Waals surface area contributed by atoms with Crippen LogP contribution in [0.5, 0.6) is 0 Å².